The van der Waals surface area contributed by atoms with Gasteiger partial charge in [-0.25, -0.2) is 8.42 Å². The van der Waals surface area contributed by atoms with Crippen molar-refractivity contribution >= 4 is 33.0 Å². The van der Waals surface area contributed by atoms with Crippen LogP contribution in [-0.4, -0.2) is 32.7 Å². The molecule has 0 aliphatic heterocycles. The van der Waals surface area contributed by atoms with E-state index in [9.17, 15) is 8.42 Å². The quantitative estimate of drug-likeness (QED) is 0.633. The summed E-state index contributed by atoms with van der Waals surface area (Å²) >= 11 is 0. The van der Waals surface area contributed by atoms with E-state index in [0.29, 0.717) is 5.82 Å². The average molecular weight is 398 g/mol. The van der Waals surface area contributed by atoms with Crippen LogP contribution in [0.4, 0.5) is 23.0 Å². The van der Waals surface area contributed by atoms with Gasteiger partial charge < -0.3 is 10.2 Å². The third-order valence-electron chi connectivity index (χ3n) is 4.20. The number of benzene rings is 2. The molecule has 0 fully saturated rings. The van der Waals surface area contributed by atoms with Crippen LogP contribution in [0.15, 0.2) is 65.6 Å². The first-order valence-electron chi connectivity index (χ1n) is 8.87. The van der Waals surface area contributed by atoms with Crippen molar-refractivity contribution in [3.63, 3.8) is 0 Å². The molecule has 28 heavy (non-hydrogen) atoms. The molecule has 7 nitrogen and oxygen atoms in total. The molecule has 3 rings (SSSR count). The number of nitrogens with zero attached hydrogens (tertiary/aromatic N) is 3. The highest BCUT2D eigenvalue weighted by molar-refractivity contribution is 7.92. The Labute approximate surface area is 165 Å². The van der Waals surface area contributed by atoms with Crippen molar-refractivity contribution in [2.24, 2.45) is 0 Å². The molecule has 0 saturated heterocycles. The van der Waals surface area contributed by atoms with Gasteiger partial charge in [-0.2, -0.15) is 0 Å². The zero-order chi connectivity index (χ0) is 20.1. The molecule has 0 radical (unpaired) electrons. The summed E-state index contributed by atoms with van der Waals surface area (Å²) < 4.78 is 27.4. The van der Waals surface area contributed by atoms with E-state index in [-0.39, 0.29) is 10.7 Å². The lowest BCUT2D eigenvalue weighted by atomic mass is 10.2. The van der Waals surface area contributed by atoms with Crippen molar-refractivity contribution in [1.29, 1.82) is 0 Å². The number of aromatic nitrogens is 2. The molecular weight excluding hydrogens is 374 g/mol. The number of nitrogens with one attached hydrogen (secondary N) is 2. The summed E-state index contributed by atoms with van der Waals surface area (Å²) in [6, 6.07) is 17.9. The Bertz CT molecular complexity index is 1020. The Morgan fingerprint density at radius 2 is 1.46 bits per heavy atom. The van der Waals surface area contributed by atoms with E-state index < -0.39 is 10.0 Å². The standard InChI is InChI=1S/C20H23N5O2S/c1-4-15-5-11-18(12-6-15)28(26,27)24-20-14-13-19(22-23-20)21-16-7-9-17(10-8-16)25(2)3/h5-14H,4H2,1-3H3,(H,21,22)(H,23,24). The molecule has 0 unspecified atom stereocenters. The summed E-state index contributed by atoms with van der Waals surface area (Å²) in [6.07, 6.45) is 0.853. The summed E-state index contributed by atoms with van der Waals surface area (Å²) in [4.78, 5) is 2.20. The Balaban J connectivity index is 1.68. The minimum Gasteiger partial charge on any atom is -0.378 e. The van der Waals surface area contributed by atoms with E-state index in [4.69, 9.17) is 0 Å². The summed E-state index contributed by atoms with van der Waals surface area (Å²) in [5, 5.41) is 11.1. The van der Waals surface area contributed by atoms with Crippen molar-refractivity contribution in [2.45, 2.75) is 18.2 Å². The van der Waals surface area contributed by atoms with Crippen LogP contribution in [0.5, 0.6) is 0 Å². The summed E-state index contributed by atoms with van der Waals surface area (Å²) in [7, 11) is 0.256. The fourth-order valence-corrected chi connectivity index (χ4v) is 3.54. The molecule has 0 atom stereocenters. The van der Waals surface area contributed by atoms with Gasteiger partial charge in [0.2, 0.25) is 0 Å². The van der Waals surface area contributed by atoms with Crippen molar-refractivity contribution in [3.05, 3.63) is 66.2 Å². The van der Waals surface area contributed by atoms with Crippen molar-refractivity contribution < 1.29 is 8.42 Å². The van der Waals surface area contributed by atoms with Gasteiger partial charge in [0.15, 0.2) is 11.6 Å². The fraction of sp³-hybridized carbons (Fsp3) is 0.200. The number of anilines is 4. The number of sulfonamides is 1. The van der Waals surface area contributed by atoms with Gasteiger partial charge in [-0.15, -0.1) is 10.2 Å². The number of hydrogen-bond donors (Lipinski definition) is 2. The van der Waals surface area contributed by atoms with E-state index in [0.717, 1.165) is 23.4 Å². The van der Waals surface area contributed by atoms with Gasteiger partial charge in [0, 0.05) is 25.5 Å². The summed E-state index contributed by atoms with van der Waals surface area (Å²) in [5.41, 5.74) is 3.03. The Kier molecular flexibility index (Phi) is 5.79. The molecule has 0 aliphatic rings. The zero-order valence-corrected chi connectivity index (χ0v) is 16.9. The van der Waals surface area contributed by atoms with Crippen LogP contribution in [0.3, 0.4) is 0 Å². The smallest absolute Gasteiger partial charge is 0.263 e. The van der Waals surface area contributed by atoms with Crippen LogP contribution >= 0.6 is 0 Å². The summed E-state index contributed by atoms with van der Waals surface area (Å²) in [5.74, 6) is 0.681. The second-order valence-electron chi connectivity index (χ2n) is 6.47. The van der Waals surface area contributed by atoms with Gasteiger partial charge in [-0.1, -0.05) is 19.1 Å². The Morgan fingerprint density at radius 3 is 2.00 bits per heavy atom. The van der Waals surface area contributed by atoms with Gasteiger partial charge >= 0.3 is 0 Å². The molecule has 3 aromatic rings. The molecule has 2 N–H and O–H groups in total. The lowest BCUT2D eigenvalue weighted by Crippen LogP contribution is -2.14. The van der Waals surface area contributed by atoms with Crippen LogP contribution in [-0.2, 0) is 16.4 Å². The maximum atomic E-state index is 12.5. The molecule has 0 saturated carbocycles. The molecule has 0 amide bonds. The first-order valence-corrected chi connectivity index (χ1v) is 10.4. The minimum absolute atomic E-state index is 0.160. The normalized spacial score (nSPS) is 11.1. The van der Waals surface area contributed by atoms with Crippen LogP contribution in [0, 0.1) is 0 Å². The third kappa shape index (κ3) is 4.77. The van der Waals surface area contributed by atoms with Crippen molar-refractivity contribution in [3.8, 4) is 0 Å². The number of hydrogen-bond acceptors (Lipinski definition) is 6. The molecule has 1 heterocycles. The van der Waals surface area contributed by atoms with Gasteiger partial charge in [0.05, 0.1) is 4.90 Å². The average Bonchev–Trinajstić information content (AvgIpc) is 2.70. The second-order valence-corrected chi connectivity index (χ2v) is 8.16. The first kappa shape index (κ1) is 19.6. The van der Waals surface area contributed by atoms with Gasteiger partial charge in [0.1, 0.15) is 0 Å². The maximum Gasteiger partial charge on any atom is 0.263 e. The fourth-order valence-electron chi connectivity index (χ4n) is 2.55. The third-order valence-corrected chi connectivity index (χ3v) is 5.57. The highest BCUT2D eigenvalue weighted by Crippen LogP contribution is 2.20. The molecule has 8 heteroatoms. The highest BCUT2D eigenvalue weighted by atomic mass is 32.2. The highest BCUT2D eigenvalue weighted by Gasteiger charge is 2.15. The van der Waals surface area contributed by atoms with E-state index in [1.54, 1.807) is 36.4 Å². The number of aryl methyl sites for hydroxylation is 1. The van der Waals surface area contributed by atoms with Crippen molar-refractivity contribution in [2.75, 3.05) is 29.0 Å². The molecule has 0 bridgehead atoms. The lowest BCUT2D eigenvalue weighted by Gasteiger charge is -2.13. The predicted octanol–water partition coefficient (Wildman–Crippen LogP) is 3.65. The zero-order valence-electron chi connectivity index (χ0n) is 16.0. The van der Waals surface area contributed by atoms with Gasteiger partial charge in [-0.3, -0.25) is 4.72 Å². The van der Waals surface area contributed by atoms with E-state index in [1.165, 1.54) is 0 Å². The Hall–Kier alpha value is -3.13. The van der Waals surface area contributed by atoms with E-state index in [2.05, 4.69) is 20.2 Å². The SMILES string of the molecule is CCc1ccc(S(=O)(=O)Nc2ccc(Nc3ccc(N(C)C)cc3)nn2)cc1. The first-order chi connectivity index (χ1) is 13.4. The molecule has 0 aliphatic carbocycles. The molecule has 146 valence electrons. The lowest BCUT2D eigenvalue weighted by molar-refractivity contribution is 0.601. The van der Waals surface area contributed by atoms with Gasteiger partial charge in [0.25, 0.3) is 10.0 Å². The Morgan fingerprint density at radius 1 is 0.857 bits per heavy atom. The molecule has 2 aromatic carbocycles. The molecule has 0 spiro atoms. The minimum atomic E-state index is -3.70. The topological polar surface area (TPSA) is 87.2 Å². The summed E-state index contributed by atoms with van der Waals surface area (Å²) in [6.45, 7) is 2.02. The maximum absolute atomic E-state index is 12.5. The van der Waals surface area contributed by atoms with Crippen LogP contribution < -0.4 is 14.9 Å². The number of rotatable bonds is 7. The van der Waals surface area contributed by atoms with Crippen molar-refractivity contribution in [1.82, 2.24) is 10.2 Å². The van der Waals surface area contributed by atoms with Crippen LogP contribution in [0.2, 0.25) is 0 Å². The van der Waals surface area contributed by atoms with Gasteiger partial charge in [-0.05, 0) is 60.5 Å². The largest absolute Gasteiger partial charge is 0.378 e. The van der Waals surface area contributed by atoms with E-state index in [1.807, 2.05) is 50.2 Å². The van der Waals surface area contributed by atoms with Crippen LogP contribution in [0.25, 0.3) is 0 Å². The second kappa shape index (κ2) is 8.26. The molecule has 1 aromatic heterocycles. The monoisotopic (exact) mass is 397 g/mol. The predicted molar refractivity (Wildman–Crippen MR) is 113 cm³/mol. The van der Waals surface area contributed by atoms with Crippen LogP contribution in [0.1, 0.15) is 12.5 Å². The molecular formula is C20H23N5O2S. The van der Waals surface area contributed by atoms with E-state index >= 15 is 0 Å².